The predicted octanol–water partition coefficient (Wildman–Crippen LogP) is 2.15. The van der Waals surface area contributed by atoms with Crippen LogP contribution in [-0.2, 0) is 10.0 Å². The molecule has 6 nitrogen and oxygen atoms in total. The third-order valence-corrected chi connectivity index (χ3v) is 4.31. The Bertz CT molecular complexity index is 653. The van der Waals surface area contributed by atoms with Gasteiger partial charge in [0.1, 0.15) is 10.7 Å². The Balaban J connectivity index is 2.27. The smallest absolute Gasteiger partial charge is 0.244 e. The lowest BCUT2D eigenvalue weighted by molar-refractivity contribution is 0.459. The molecule has 2 heterocycles. The number of hydrogen-bond acceptors (Lipinski definition) is 5. The van der Waals surface area contributed by atoms with Crippen molar-refractivity contribution in [3.05, 3.63) is 42.6 Å². The molecule has 0 aliphatic heterocycles. The first-order valence-corrected chi connectivity index (χ1v) is 7.76. The second kappa shape index (κ2) is 6.06. The number of nitrogens with zero attached hydrogens (tertiary/aromatic N) is 1. The fourth-order valence-corrected chi connectivity index (χ4v) is 3.16. The van der Waals surface area contributed by atoms with Crippen LogP contribution in [0.3, 0.4) is 0 Å². The van der Waals surface area contributed by atoms with E-state index in [0.717, 1.165) is 0 Å². The highest BCUT2D eigenvalue weighted by Crippen LogP contribution is 2.22. The molecule has 0 bridgehead atoms. The van der Waals surface area contributed by atoms with Gasteiger partial charge in [-0.05, 0) is 32.0 Å². The van der Waals surface area contributed by atoms with Crippen LogP contribution in [0.15, 0.2) is 46.2 Å². The number of furan rings is 1. The van der Waals surface area contributed by atoms with E-state index in [0.29, 0.717) is 18.0 Å². The summed E-state index contributed by atoms with van der Waals surface area (Å²) >= 11 is 0. The Morgan fingerprint density at radius 1 is 1.40 bits per heavy atom. The Morgan fingerprint density at radius 3 is 2.85 bits per heavy atom. The van der Waals surface area contributed by atoms with Crippen molar-refractivity contribution in [1.29, 1.82) is 0 Å². The van der Waals surface area contributed by atoms with Crippen LogP contribution in [0.2, 0.25) is 0 Å². The molecule has 0 saturated carbocycles. The van der Waals surface area contributed by atoms with Crippen LogP contribution < -0.4 is 10.0 Å². The lowest BCUT2D eigenvalue weighted by Crippen LogP contribution is -2.27. The molecule has 1 atom stereocenters. The van der Waals surface area contributed by atoms with Crippen LogP contribution in [0.5, 0.6) is 0 Å². The molecule has 0 fully saturated rings. The number of nitrogens with one attached hydrogen (secondary N) is 2. The van der Waals surface area contributed by atoms with Crippen molar-refractivity contribution in [2.45, 2.75) is 24.8 Å². The molecule has 0 aliphatic rings. The van der Waals surface area contributed by atoms with E-state index in [2.05, 4.69) is 15.0 Å². The summed E-state index contributed by atoms with van der Waals surface area (Å²) in [6.07, 6.45) is 4.39. The highest BCUT2D eigenvalue weighted by Gasteiger charge is 2.22. The van der Waals surface area contributed by atoms with Gasteiger partial charge in [0.2, 0.25) is 10.0 Å². The maximum Gasteiger partial charge on any atom is 0.244 e. The first kappa shape index (κ1) is 14.5. The van der Waals surface area contributed by atoms with E-state index in [4.69, 9.17) is 4.42 Å². The average Bonchev–Trinajstić information content (AvgIpc) is 2.93. The highest BCUT2D eigenvalue weighted by atomic mass is 32.2. The van der Waals surface area contributed by atoms with Gasteiger partial charge in [-0.2, -0.15) is 0 Å². The van der Waals surface area contributed by atoms with E-state index < -0.39 is 16.1 Å². The largest absolute Gasteiger partial charge is 0.468 e. The van der Waals surface area contributed by atoms with Gasteiger partial charge in [-0.1, -0.05) is 0 Å². The van der Waals surface area contributed by atoms with E-state index in [1.807, 2.05) is 6.92 Å². The fraction of sp³-hybridized carbons (Fsp3) is 0.308. The van der Waals surface area contributed by atoms with Gasteiger partial charge in [0.15, 0.2) is 0 Å². The molecule has 0 radical (unpaired) electrons. The number of anilines is 1. The molecule has 2 rings (SSSR count). The van der Waals surface area contributed by atoms with Crippen molar-refractivity contribution < 1.29 is 12.8 Å². The normalized spacial score (nSPS) is 13.1. The minimum atomic E-state index is -3.67. The number of aromatic nitrogens is 1. The van der Waals surface area contributed by atoms with Crippen LogP contribution >= 0.6 is 0 Å². The van der Waals surface area contributed by atoms with E-state index in [9.17, 15) is 8.42 Å². The molecule has 0 spiro atoms. The number of hydrogen-bond donors (Lipinski definition) is 2. The third-order valence-electron chi connectivity index (χ3n) is 2.74. The average molecular weight is 295 g/mol. The zero-order valence-electron chi connectivity index (χ0n) is 11.3. The Morgan fingerprint density at radius 2 is 2.20 bits per heavy atom. The zero-order chi connectivity index (χ0) is 14.6. The number of pyridine rings is 1. The van der Waals surface area contributed by atoms with Crippen LogP contribution in [0.1, 0.15) is 25.6 Å². The lowest BCUT2D eigenvalue weighted by atomic mass is 10.3. The van der Waals surface area contributed by atoms with Crippen molar-refractivity contribution >= 4 is 15.7 Å². The van der Waals surface area contributed by atoms with Crippen molar-refractivity contribution in [3.8, 4) is 0 Å². The van der Waals surface area contributed by atoms with Gasteiger partial charge in [-0.3, -0.25) is 4.98 Å². The lowest BCUT2D eigenvalue weighted by Gasteiger charge is -2.14. The van der Waals surface area contributed by atoms with Gasteiger partial charge in [0.25, 0.3) is 0 Å². The van der Waals surface area contributed by atoms with Gasteiger partial charge in [-0.15, -0.1) is 0 Å². The minimum Gasteiger partial charge on any atom is -0.468 e. The Hall–Kier alpha value is -1.86. The molecule has 0 aliphatic carbocycles. The molecule has 0 saturated heterocycles. The fourth-order valence-electron chi connectivity index (χ4n) is 1.82. The second-order valence-electron chi connectivity index (χ2n) is 4.26. The predicted molar refractivity (Wildman–Crippen MR) is 75.8 cm³/mol. The first-order valence-electron chi connectivity index (χ1n) is 6.28. The maximum atomic E-state index is 12.4. The summed E-state index contributed by atoms with van der Waals surface area (Å²) in [6.45, 7) is 4.25. The van der Waals surface area contributed by atoms with Crippen molar-refractivity contribution in [1.82, 2.24) is 9.71 Å². The summed E-state index contributed by atoms with van der Waals surface area (Å²) in [5.41, 5.74) is 0.529. The molecule has 2 aromatic rings. The SMILES string of the molecule is CCNc1ccncc1S(=O)(=O)NC(C)c1ccco1. The summed E-state index contributed by atoms with van der Waals surface area (Å²) in [4.78, 5) is 4.01. The molecule has 0 amide bonds. The maximum absolute atomic E-state index is 12.4. The van der Waals surface area contributed by atoms with Crippen molar-refractivity contribution in [2.75, 3.05) is 11.9 Å². The van der Waals surface area contributed by atoms with Crippen LogP contribution in [0.25, 0.3) is 0 Å². The Labute approximate surface area is 118 Å². The van der Waals surface area contributed by atoms with Crippen LogP contribution in [0.4, 0.5) is 5.69 Å². The summed E-state index contributed by atoms with van der Waals surface area (Å²) in [5, 5.41) is 3.01. The molecule has 2 N–H and O–H groups in total. The van der Waals surface area contributed by atoms with E-state index in [1.165, 1.54) is 12.5 Å². The van der Waals surface area contributed by atoms with Gasteiger partial charge in [0.05, 0.1) is 18.0 Å². The van der Waals surface area contributed by atoms with Gasteiger partial charge >= 0.3 is 0 Å². The zero-order valence-corrected chi connectivity index (χ0v) is 12.1. The van der Waals surface area contributed by atoms with Gasteiger partial charge < -0.3 is 9.73 Å². The van der Waals surface area contributed by atoms with Gasteiger partial charge in [0, 0.05) is 18.9 Å². The molecular weight excluding hydrogens is 278 g/mol. The summed E-state index contributed by atoms with van der Waals surface area (Å²) in [6, 6.07) is 4.62. The van der Waals surface area contributed by atoms with Gasteiger partial charge in [-0.25, -0.2) is 13.1 Å². The molecule has 1 unspecified atom stereocenters. The third kappa shape index (κ3) is 3.17. The second-order valence-corrected chi connectivity index (χ2v) is 5.94. The molecule has 108 valence electrons. The van der Waals surface area contributed by atoms with E-state index in [1.54, 1.807) is 31.3 Å². The Kier molecular flexibility index (Phi) is 4.41. The van der Waals surface area contributed by atoms with Crippen molar-refractivity contribution in [3.63, 3.8) is 0 Å². The number of rotatable bonds is 6. The van der Waals surface area contributed by atoms with E-state index in [-0.39, 0.29) is 4.90 Å². The van der Waals surface area contributed by atoms with Crippen LogP contribution in [0, 0.1) is 0 Å². The summed E-state index contributed by atoms with van der Waals surface area (Å²) in [7, 11) is -3.67. The monoisotopic (exact) mass is 295 g/mol. The first-order chi connectivity index (χ1) is 9.54. The molecule has 2 aromatic heterocycles. The van der Waals surface area contributed by atoms with Crippen LogP contribution in [-0.4, -0.2) is 19.9 Å². The minimum absolute atomic E-state index is 0.125. The standard InChI is InChI=1S/C13H17N3O3S/c1-3-15-11-6-7-14-9-13(11)20(17,18)16-10(2)12-5-4-8-19-12/h4-10,16H,3H2,1-2H3,(H,14,15). The molecule has 20 heavy (non-hydrogen) atoms. The summed E-state index contributed by atoms with van der Waals surface area (Å²) < 4.78 is 32.6. The number of sulfonamides is 1. The quantitative estimate of drug-likeness (QED) is 0.853. The molecule has 0 aromatic carbocycles. The topological polar surface area (TPSA) is 84.2 Å². The van der Waals surface area contributed by atoms with E-state index >= 15 is 0 Å². The molecular formula is C13H17N3O3S. The molecule has 7 heteroatoms. The van der Waals surface area contributed by atoms with Crippen molar-refractivity contribution in [2.24, 2.45) is 0 Å². The highest BCUT2D eigenvalue weighted by molar-refractivity contribution is 7.89. The summed E-state index contributed by atoms with van der Waals surface area (Å²) in [5.74, 6) is 0.558.